The average Bonchev–Trinajstić information content (AvgIpc) is 2.37. The monoisotopic (exact) mass is 257 g/mol. The van der Waals surface area contributed by atoms with Crippen LogP contribution in [0.2, 0.25) is 0 Å². The van der Waals surface area contributed by atoms with Gasteiger partial charge >= 0.3 is 5.97 Å². The van der Waals surface area contributed by atoms with Crippen molar-refractivity contribution in [1.29, 1.82) is 0 Å². The van der Waals surface area contributed by atoms with E-state index in [0.717, 1.165) is 5.56 Å². The van der Waals surface area contributed by atoms with E-state index in [2.05, 4.69) is 0 Å². The van der Waals surface area contributed by atoms with E-state index in [4.69, 9.17) is 15.6 Å². The Morgan fingerprint density at radius 3 is 2.53 bits per heavy atom. The molecular formula is C15H15NO3. The number of carboxylic acids is 1. The molecule has 0 heterocycles. The minimum absolute atomic E-state index is 0.00890. The van der Waals surface area contributed by atoms with Gasteiger partial charge in [-0.1, -0.05) is 35.9 Å². The smallest absolute Gasteiger partial charge is 0.341 e. The minimum Gasteiger partial charge on any atom is -0.488 e. The molecule has 3 N–H and O–H groups in total. The minimum atomic E-state index is -1.09. The van der Waals surface area contributed by atoms with Gasteiger partial charge in [0.25, 0.3) is 0 Å². The number of hydrogen-bond acceptors (Lipinski definition) is 3. The van der Waals surface area contributed by atoms with Crippen LogP contribution in [-0.4, -0.2) is 11.1 Å². The van der Waals surface area contributed by atoms with Crippen LogP contribution in [0.25, 0.3) is 0 Å². The van der Waals surface area contributed by atoms with Gasteiger partial charge in [0.05, 0.1) is 0 Å². The van der Waals surface area contributed by atoms with E-state index < -0.39 is 5.97 Å². The molecule has 0 aliphatic heterocycles. The van der Waals surface area contributed by atoms with Crippen LogP contribution in [0.1, 0.15) is 21.5 Å². The summed E-state index contributed by atoms with van der Waals surface area (Å²) in [6, 6.07) is 12.7. The molecule has 0 radical (unpaired) electrons. The zero-order chi connectivity index (χ0) is 13.8. The third-order valence-corrected chi connectivity index (χ3v) is 2.79. The van der Waals surface area contributed by atoms with Crippen LogP contribution in [0.15, 0.2) is 42.5 Å². The fourth-order valence-corrected chi connectivity index (χ4v) is 1.74. The first kappa shape index (κ1) is 13.0. The first-order valence-corrected chi connectivity index (χ1v) is 5.88. The summed E-state index contributed by atoms with van der Waals surface area (Å²) in [7, 11) is 0. The van der Waals surface area contributed by atoms with Crippen LogP contribution in [-0.2, 0) is 6.61 Å². The molecule has 0 bridgehead atoms. The van der Waals surface area contributed by atoms with Gasteiger partial charge in [-0.2, -0.15) is 0 Å². The Bertz CT molecular complexity index is 591. The maximum Gasteiger partial charge on any atom is 0.341 e. The van der Waals surface area contributed by atoms with Gasteiger partial charge in [0.2, 0.25) is 0 Å². The van der Waals surface area contributed by atoms with Crippen LogP contribution in [0.3, 0.4) is 0 Å². The van der Waals surface area contributed by atoms with Crippen molar-refractivity contribution in [3.63, 3.8) is 0 Å². The van der Waals surface area contributed by atoms with Crippen LogP contribution in [0, 0.1) is 6.92 Å². The zero-order valence-corrected chi connectivity index (χ0v) is 10.6. The highest BCUT2D eigenvalue weighted by atomic mass is 16.5. The molecule has 4 heteroatoms. The number of aryl methyl sites for hydroxylation is 1. The molecule has 0 unspecified atom stereocenters. The summed E-state index contributed by atoms with van der Waals surface area (Å²) in [6.07, 6.45) is 0. The Labute approximate surface area is 111 Å². The highest BCUT2D eigenvalue weighted by molar-refractivity contribution is 5.96. The summed E-state index contributed by atoms with van der Waals surface area (Å²) in [6.45, 7) is 2.31. The van der Waals surface area contributed by atoms with Crippen molar-refractivity contribution < 1.29 is 14.6 Å². The summed E-state index contributed by atoms with van der Waals surface area (Å²) in [5.41, 5.74) is 8.00. The first-order chi connectivity index (χ1) is 9.08. The van der Waals surface area contributed by atoms with Crippen molar-refractivity contribution in [3.05, 3.63) is 59.2 Å². The van der Waals surface area contributed by atoms with E-state index in [1.807, 2.05) is 31.2 Å². The number of rotatable bonds is 4. The number of benzene rings is 2. The molecule has 0 aromatic heterocycles. The van der Waals surface area contributed by atoms with Crippen LogP contribution in [0.5, 0.6) is 5.75 Å². The molecule has 0 spiro atoms. The topological polar surface area (TPSA) is 72.5 Å². The van der Waals surface area contributed by atoms with Crippen molar-refractivity contribution >= 4 is 11.7 Å². The van der Waals surface area contributed by atoms with Crippen LogP contribution in [0.4, 0.5) is 5.69 Å². The molecule has 0 atom stereocenters. The largest absolute Gasteiger partial charge is 0.488 e. The van der Waals surface area contributed by atoms with Gasteiger partial charge < -0.3 is 15.6 Å². The van der Waals surface area contributed by atoms with Crippen LogP contribution >= 0.6 is 0 Å². The lowest BCUT2D eigenvalue weighted by Gasteiger charge is -2.11. The Hall–Kier alpha value is -2.49. The lowest BCUT2D eigenvalue weighted by atomic mass is 10.1. The molecule has 0 saturated heterocycles. The molecule has 19 heavy (non-hydrogen) atoms. The second-order valence-corrected chi connectivity index (χ2v) is 4.30. The van der Waals surface area contributed by atoms with Gasteiger partial charge in [-0.05, 0) is 24.6 Å². The van der Waals surface area contributed by atoms with E-state index in [-0.39, 0.29) is 17.0 Å². The number of nitrogens with two attached hydrogens (primary N) is 1. The van der Waals surface area contributed by atoms with Gasteiger partial charge in [0, 0.05) is 5.69 Å². The van der Waals surface area contributed by atoms with Crippen LogP contribution < -0.4 is 10.5 Å². The molecule has 0 aliphatic rings. The number of anilines is 1. The highest BCUT2D eigenvalue weighted by Crippen LogP contribution is 2.25. The molecule has 0 amide bonds. The predicted molar refractivity (Wildman–Crippen MR) is 73.3 cm³/mol. The van der Waals surface area contributed by atoms with E-state index in [9.17, 15) is 4.79 Å². The molecule has 2 rings (SSSR count). The summed E-state index contributed by atoms with van der Waals surface area (Å²) in [5, 5.41) is 9.12. The highest BCUT2D eigenvalue weighted by Gasteiger charge is 2.14. The van der Waals surface area contributed by atoms with E-state index in [0.29, 0.717) is 6.61 Å². The van der Waals surface area contributed by atoms with Crippen molar-refractivity contribution in [1.82, 2.24) is 0 Å². The van der Waals surface area contributed by atoms with Gasteiger partial charge in [-0.15, -0.1) is 0 Å². The Kier molecular flexibility index (Phi) is 3.71. The maximum absolute atomic E-state index is 11.1. The molecule has 98 valence electrons. The summed E-state index contributed by atoms with van der Waals surface area (Å²) in [4.78, 5) is 11.1. The average molecular weight is 257 g/mol. The van der Waals surface area contributed by atoms with E-state index in [1.54, 1.807) is 18.2 Å². The van der Waals surface area contributed by atoms with E-state index >= 15 is 0 Å². The van der Waals surface area contributed by atoms with E-state index in [1.165, 1.54) is 5.56 Å². The van der Waals surface area contributed by atoms with Crippen molar-refractivity contribution in [2.45, 2.75) is 13.5 Å². The number of nitrogen functional groups attached to an aromatic ring is 1. The summed E-state index contributed by atoms with van der Waals surface area (Å²) in [5.74, 6) is -0.801. The Balaban J connectivity index is 2.18. The number of carboxylic acid groups (broad SMARTS) is 1. The normalized spacial score (nSPS) is 10.2. The zero-order valence-electron chi connectivity index (χ0n) is 10.6. The quantitative estimate of drug-likeness (QED) is 0.826. The van der Waals surface area contributed by atoms with Gasteiger partial charge in [0.15, 0.2) is 0 Å². The number of aromatic carboxylic acids is 1. The third-order valence-electron chi connectivity index (χ3n) is 2.79. The van der Waals surface area contributed by atoms with Gasteiger partial charge in [-0.3, -0.25) is 0 Å². The number of hydrogen-bond donors (Lipinski definition) is 2. The standard InChI is InChI=1S/C15H15NO3/c1-10-5-7-11(8-6-10)9-19-13-4-2-3-12(16)14(13)15(17)18/h2-8H,9,16H2,1H3,(H,17,18). The van der Waals surface area contributed by atoms with Crippen molar-refractivity contribution in [2.75, 3.05) is 5.73 Å². The van der Waals surface area contributed by atoms with Crippen molar-refractivity contribution in [3.8, 4) is 5.75 Å². The second-order valence-electron chi connectivity index (χ2n) is 4.30. The first-order valence-electron chi connectivity index (χ1n) is 5.88. The van der Waals surface area contributed by atoms with Gasteiger partial charge in [-0.25, -0.2) is 4.79 Å². The molecule has 2 aromatic carbocycles. The van der Waals surface area contributed by atoms with Crippen molar-refractivity contribution in [2.24, 2.45) is 0 Å². The lowest BCUT2D eigenvalue weighted by molar-refractivity contribution is 0.0693. The number of carbonyl (C=O) groups is 1. The molecule has 0 saturated carbocycles. The van der Waals surface area contributed by atoms with Gasteiger partial charge in [0.1, 0.15) is 17.9 Å². The molecule has 2 aromatic rings. The fraction of sp³-hybridized carbons (Fsp3) is 0.133. The molecule has 0 aliphatic carbocycles. The molecule has 0 fully saturated rings. The lowest BCUT2D eigenvalue weighted by Crippen LogP contribution is -2.06. The molecular weight excluding hydrogens is 242 g/mol. The summed E-state index contributed by atoms with van der Waals surface area (Å²) >= 11 is 0. The number of ether oxygens (including phenoxy) is 1. The maximum atomic E-state index is 11.1. The summed E-state index contributed by atoms with van der Waals surface area (Å²) < 4.78 is 5.54. The fourth-order valence-electron chi connectivity index (χ4n) is 1.74. The second kappa shape index (κ2) is 5.44. The SMILES string of the molecule is Cc1ccc(COc2cccc(N)c2C(=O)O)cc1. The Morgan fingerprint density at radius 1 is 1.21 bits per heavy atom. The predicted octanol–water partition coefficient (Wildman–Crippen LogP) is 2.85. The Morgan fingerprint density at radius 2 is 1.89 bits per heavy atom. The molecule has 4 nitrogen and oxygen atoms in total. The third kappa shape index (κ3) is 3.04.